The number of hydrogen-bond acceptors (Lipinski definition) is 1. The summed E-state index contributed by atoms with van der Waals surface area (Å²) in [7, 11) is 0. The summed E-state index contributed by atoms with van der Waals surface area (Å²) >= 11 is 0. The molecule has 0 bridgehead atoms. The van der Waals surface area contributed by atoms with Crippen molar-refractivity contribution in [3.05, 3.63) is 0 Å². The van der Waals surface area contributed by atoms with Crippen molar-refractivity contribution >= 4 is 24.8 Å². The van der Waals surface area contributed by atoms with E-state index in [0.717, 1.165) is 25.7 Å². The minimum absolute atomic E-state index is 0. The molecular formula is C7H14LiO3. The van der Waals surface area contributed by atoms with Crippen LogP contribution in [0.1, 0.15) is 32.1 Å². The molecule has 0 aromatic heterocycles. The van der Waals surface area contributed by atoms with Crippen LogP contribution in [0.5, 0.6) is 0 Å². The Morgan fingerprint density at radius 2 is 1.64 bits per heavy atom. The largest absolute Gasteiger partial charge is 0.481 e. The molecule has 3 nitrogen and oxygen atoms in total. The molecule has 1 radical (unpaired) electrons. The topological polar surface area (TPSA) is 68.8 Å². The van der Waals surface area contributed by atoms with Gasteiger partial charge in [0.05, 0.1) is 5.92 Å². The first-order valence-corrected chi connectivity index (χ1v) is 3.53. The molecule has 1 aliphatic carbocycles. The zero-order valence-corrected chi connectivity index (χ0v) is 6.97. The molecule has 0 atom stereocenters. The quantitative estimate of drug-likeness (QED) is 0.555. The van der Waals surface area contributed by atoms with E-state index in [1.165, 1.54) is 6.42 Å². The molecule has 4 heteroatoms. The minimum Gasteiger partial charge on any atom is -0.481 e. The Balaban J connectivity index is 0. The van der Waals surface area contributed by atoms with E-state index in [1.807, 2.05) is 0 Å². The summed E-state index contributed by atoms with van der Waals surface area (Å²) in [4.78, 5) is 10.4. The second-order valence-corrected chi connectivity index (χ2v) is 2.67. The summed E-state index contributed by atoms with van der Waals surface area (Å²) in [5.74, 6) is -0.631. The van der Waals surface area contributed by atoms with Gasteiger partial charge < -0.3 is 10.6 Å². The standard InChI is InChI=1S/C7H12O2.Li.H2O/c8-7(9)6-4-2-1-3-5-6;;/h6H,1-5H2,(H,8,9);;1H2. The Bertz CT molecular complexity index is 110. The number of aliphatic carboxylic acids is 1. The predicted molar refractivity (Wildman–Crippen MR) is 43.6 cm³/mol. The van der Waals surface area contributed by atoms with Gasteiger partial charge in [0.25, 0.3) is 0 Å². The number of carbonyl (C=O) groups is 1. The van der Waals surface area contributed by atoms with Crippen molar-refractivity contribution in [2.24, 2.45) is 5.92 Å². The molecular weight excluding hydrogens is 139 g/mol. The summed E-state index contributed by atoms with van der Waals surface area (Å²) in [6.07, 6.45) is 5.24. The molecule has 1 saturated carbocycles. The zero-order chi connectivity index (χ0) is 6.69. The van der Waals surface area contributed by atoms with Crippen LogP contribution in [0.2, 0.25) is 0 Å². The monoisotopic (exact) mass is 153 g/mol. The van der Waals surface area contributed by atoms with Gasteiger partial charge in [-0.3, -0.25) is 4.79 Å². The first-order valence-electron chi connectivity index (χ1n) is 3.53. The first kappa shape index (κ1) is 13.6. The van der Waals surface area contributed by atoms with E-state index in [1.54, 1.807) is 0 Å². The molecule has 3 N–H and O–H groups in total. The van der Waals surface area contributed by atoms with Gasteiger partial charge in [0.2, 0.25) is 0 Å². The first-order chi connectivity index (χ1) is 4.30. The summed E-state index contributed by atoms with van der Waals surface area (Å²) in [6.45, 7) is 0. The number of rotatable bonds is 1. The van der Waals surface area contributed by atoms with E-state index in [4.69, 9.17) is 5.11 Å². The van der Waals surface area contributed by atoms with Crippen LogP contribution >= 0.6 is 0 Å². The van der Waals surface area contributed by atoms with Crippen molar-refractivity contribution in [1.29, 1.82) is 0 Å². The molecule has 1 aliphatic rings. The van der Waals surface area contributed by atoms with Crippen LogP contribution < -0.4 is 0 Å². The van der Waals surface area contributed by atoms with Crippen molar-refractivity contribution in [3.8, 4) is 0 Å². The average molecular weight is 153 g/mol. The zero-order valence-electron chi connectivity index (χ0n) is 6.97. The molecule has 0 saturated heterocycles. The molecule has 0 heterocycles. The fraction of sp³-hybridized carbons (Fsp3) is 0.857. The summed E-state index contributed by atoms with van der Waals surface area (Å²) in [5, 5.41) is 8.54. The van der Waals surface area contributed by atoms with Gasteiger partial charge in [-0.1, -0.05) is 19.3 Å². The van der Waals surface area contributed by atoms with Gasteiger partial charge >= 0.3 is 5.97 Å². The molecule has 0 amide bonds. The Morgan fingerprint density at radius 1 is 1.18 bits per heavy atom. The van der Waals surface area contributed by atoms with Crippen LogP contribution in [0.25, 0.3) is 0 Å². The molecule has 0 unspecified atom stereocenters. The molecule has 0 aromatic carbocycles. The maximum absolute atomic E-state index is 10.4. The second-order valence-electron chi connectivity index (χ2n) is 2.67. The maximum atomic E-state index is 10.4. The van der Waals surface area contributed by atoms with Crippen LogP contribution in [-0.2, 0) is 4.79 Å². The predicted octanol–water partition coefficient (Wildman–Crippen LogP) is 0.446. The van der Waals surface area contributed by atoms with Crippen LogP contribution in [-0.4, -0.2) is 35.4 Å². The Morgan fingerprint density at radius 3 is 1.91 bits per heavy atom. The second kappa shape index (κ2) is 6.72. The van der Waals surface area contributed by atoms with E-state index in [-0.39, 0.29) is 30.3 Å². The van der Waals surface area contributed by atoms with Crippen molar-refractivity contribution in [2.45, 2.75) is 32.1 Å². The van der Waals surface area contributed by atoms with Crippen molar-refractivity contribution in [3.63, 3.8) is 0 Å². The van der Waals surface area contributed by atoms with Gasteiger partial charge in [-0.15, -0.1) is 0 Å². The van der Waals surface area contributed by atoms with E-state index >= 15 is 0 Å². The van der Waals surface area contributed by atoms with Crippen LogP contribution in [0.3, 0.4) is 0 Å². The summed E-state index contributed by atoms with van der Waals surface area (Å²) < 4.78 is 0. The van der Waals surface area contributed by atoms with Gasteiger partial charge in [0.1, 0.15) is 0 Å². The smallest absolute Gasteiger partial charge is 0.306 e. The SMILES string of the molecule is O.O=C(O)C1CCCCC1.[Li]. The third kappa shape index (κ3) is 4.47. The fourth-order valence-corrected chi connectivity index (χ4v) is 1.35. The van der Waals surface area contributed by atoms with E-state index < -0.39 is 5.97 Å². The molecule has 11 heavy (non-hydrogen) atoms. The van der Waals surface area contributed by atoms with Crippen molar-refractivity contribution in [2.75, 3.05) is 0 Å². The molecule has 0 spiro atoms. The normalized spacial score (nSPS) is 17.8. The average Bonchev–Trinajstić information content (AvgIpc) is 1.90. The molecule has 0 aliphatic heterocycles. The van der Waals surface area contributed by atoms with E-state index in [0.29, 0.717) is 0 Å². The Labute approximate surface area is 78.7 Å². The fourth-order valence-electron chi connectivity index (χ4n) is 1.35. The Hall–Kier alpha value is 0.0274. The van der Waals surface area contributed by atoms with Gasteiger partial charge in [-0.2, -0.15) is 0 Å². The van der Waals surface area contributed by atoms with Gasteiger partial charge in [0.15, 0.2) is 0 Å². The molecule has 0 aromatic rings. The molecule has 1 fully saturated rings. The van der Waals surface area contributed by atoms with Crippen molar-refractivity contribution in [1.82, 2.24) is 0 Å². The van der Waals surface area contributed by atoms with Gasteiger partial charge in [0, 0.05) is 18.9 Å². The van der Waals surface area contributed by atoms with Gasteiger partial charge in [-0.05, 0) is 12.8 Å². The van der Waals surface area contributed by atoms with E-state index in [9.17, 15) is 4.79 Å². The van der Waals surface area contributed by atoms with Gasteiger partial charge in [-0.25, -0.2) is 0 Å². The van der Waals surface area contributed by atoms with Crippen LogP contribution in [0.4, 0.5) is 0 Å². The number of carboxylic acid groups (broad SMARTS) is 1. The van der Waals surface area contributed by atoms with Crippen LogP contribution in [0.15, 0.2) is 0 Å². The number of carboxylic acids is 1. The summed E-state index contributed by atoms with van der Waals surface area (Å²) in [5.41, 5.74) is 0. The van der Waals surface area contributed by atoms with E-state index in [2.05, 4.69) is 0 Å². The molecule has 61 valence electrons. The number of hydrogen-bond donors (Lipinski definition) is 1. The third-order valence-corrected chi connectivity index (χ3v) is 1.95. The summed E-state index contributed by atoms with van der Waals surface area (Å²) in [6, 6.07) is 0. The van der Waals surface area contributed by atoms with Crippen molar-refractivity contribution < 1.29 is 15.4 Å². The molecule has 1 rings (SSSR count). The maximum Gasteiger partial charge on any atom is 0.306 e. The third-order valence-electron chi connectivity index (χ3n) is 1.95. The minimum atomic E-state index is -0.602. The Kier molecular flexibility index (Phi) is 8.31. The van der Waals surface area contributed by atoms with Crippen LogP contribution in [0, 0.1) is 5.92 Å².